The molecule has 0 fully saturated rings. The summed E-state index contributed by atoms with van der Waals surface area (Å²) in [6.45, 7) is 7.77. The number of aromatic amines is 1. The molecule has 0 amide bonds. The van der Waals surface area contributed by atoms with Crippen LogP contribution in [0.2, 0.25) is 0 Å². The van der Waals surface area contributed by atoms with Crippen LogP contribution in [0.1, 0.15) is 19.7 Å². The van der Waals surface area contributed by atoms with Gasteiger partial charge < -0.3 is 15.2 Å². The normalized spacial score (nSPS) is 11.1. The van der Waals surface area contributed by atoms with E-state index in [-0.39, 0.29) is 5.56 Å². The summed E-state index contributed by atoms with van der Waals surface area (Å²) in [6, 6.07) is 2.00. The second kappa shape index (κ2) is 5.65. The van der Waals surface area contributed by atoms with E-state index in [4.69, 9.17) is 0 Å². The highest BCUT2D eigenvalue weighted by Crippen LogP contribution is 1.98. The van der Waals surface area contributed by atoms with Gasteiger partial charge in [0.05, 0.1) is 0 Å². The van der Waals surface area contributed by atoms with Crippen LogP contribution in [0.25, 0.3) is 0 Å². The second-order valence-corrected chi connectivity index (χ2v) is 4.22. The van der Waals surface area contributed by atoms with Crippen LogP contribution in [0, 0.1) is 6.92 Å². The molecule has 1 aromatic rings. The van der Waals surface area contributed by atoms with Crippen molar-refractivity contribution in [2.45, 2.75) is 26.8 Å². The molecule has 0 saturated heterocycles. The maximum absolute atomic E-state index is 11.2. The van der Waals surface area contributed by atoms with E-state index < -0.39 is 0 Å². The fourth-order valence-corrected chi connectivity index (χ4v) is 1.29. The van der Waals surface area contributed by atoms with Gasteiger partial charge in [0.2, 0.25) is 0 Å². The van der Waals surface area contributed by atoms with Gasteiger partial charge in [-0.25, -0.2) is 4.98 Å². The van der Waals surface area contributed by atoms with Crippen molar-refractivity contribution in [3.05, 3.63) is 22.2 Å². The average Bonchev–Trinajstić information content (AvgIpc) is 2.15. The molecule has 0 aliphatic rings. The Labute approximate surface area is 95.9 Å². The number of H-pyrrole nitrogens is 1. The number of likely N-dealkylation sites (N-methyl/N-ethyl adjacent to an activating group) is 1. The number of nitrogens with one attached hydrogen (secondary N) is 2. The molecule has 0 atom stereocenters. The molecule has 0 aliphatic heterocycles. The number of aryl methyl sites for hydroxylation is 1. The molecule has 0 aromatic carbocycles. The Morgan fingerprint density at radius 3 is 2.81 bits per heavy atom. The van der Waals surface area contributed by atoms with Crippen LogP contribution < -0.4 is 10.9 Å². The highest BCUT2D eigenvalue weighted by Gasteiger charge is 2.02. The fourth-order valence-electron chi connectivity index (χ4n) is 1.29. The lowest BCUT2D eigenvalue weighted by molar-refractivity contribution is 0.284. The lowest BCUT2D eigenvalue weighted by atomic mass is 10.3. The summed E-state index contributed by atoms with van der Waals surface area (Å²) >= 11 is 0. The SMILES string of the molecule is Cc1nc(NCCN(C)C(C)C)cc(=O)[nH]1. The summed E-state index contributed by atoms with van der Waals surface area (Å²) < 4.78 is 0. The van der Waals surface area contributed by atoms with E-state index in [0.29, 0.717) is 17.7 Å². The molecule has 2 N–H and O–H groups in total. The Bertz CT molecular complexity index is 386. The number of anilines is 1. The van der Waals surface area contributed by atoms with Crippen molar-refractivity contribution in [2.24, 2.45) is 0 Å². The largest absolute Gasteiger partial charge is 0.369 e. The minimum Gasteiger partial charge on any atom is -0.369 e. The van der Waals surface area contributed by atoms with Crippen molar-refractivity contribution in [2.75, 3.05) is 25.5 Å². The molecule has 0 bridgehead atoms. The van der Waals surface area contributed by atoms with E-state index in [1.165, 1.54) is 6.07 Å². The smallest absolute Gasteiger partial charge is 0.252 e. The van der Waals surface area contributed by atoms with Gasteiger partial charge >= 0.3 is 0 Å². The molecular formula is C11H20N4O. The van der Waals surface area contributed by atoms with Gasteiger partial charge in [0.1, 0.15) is 11.6 Å². The first-order valence-electron chi connectivity index (χ1n) is 5.51. The van der Waals surface area contributed by atoms with Crippen LogP contribution in [0.3, 0.4) is 0 Å². The third-order valence-electron chi connectivity index (χ3n) is 2.51. The van der Waals surface area contributed by atoms with Gasteiger partial charge in [-0.05, 0) is 27.8 Å². The predicted octanol–water partition coefficient (Wildman–Crippen LogP) is 0.830. The van der Waals surface area contributed by atoms with Gasteiger partial charge in [-0.2, -0.15) is 0 Å². The van der Waals surface area contributed by atoms with E-state index in [0.717, 1.165) is 13.1 Å². The van der Waals surface area contributed by atoms with Crippen molar-refractivity contribution < 1.29 is 0 Å². The van der Waals surface area contributed by atoms with Crippen LogP contribution in [0.5, 0.6) is 0 Å². The lowest BCUT2D eigenvalue weighted by Crippen LogP contribution is -2.31. The summed E-state index contributed by atoms with van der Waals surface area (Å²) in [5.41, 5.74) is -0.118. The summed E-state index contributed by atoms with van der Waals surface area (Å²) in [7, 11) is 2.07. The van der Waals surface area contributed by atoms with Gasteiger partial charge in [0.25, 0.3) is 5.56 Å². The van der Waals surface area contributed by atoms with Crippen molar-refractivity contribution in [3.8, 4) is 0 Å². The van der Waals surface area contributed by atoms with E-state index in [2.05, 4.69) is 41.1 Å². The van der Waals surface area contributed by atoms with Gasteiger partial charge in [-0.3, -0.25) is 4.79 Å². The molecule has 16 heavy (non-hydrogen) atoms. The van der Waals surface area contributed by atoms with Crippen LogP contribution in [-0.2, 0) is 0 Å². The zero-order valence-corrected chi connectivity index (χ0v) is 10.4. The molecular weight excluding hydrogens is 204 g/mol. The topological polar surface area (TPSA) is 61.0 Å². The first kappa shape index (κ1) is 12.7. The maximum Gasteiger partial charge on any atom is 0.252 e. The van der Waals surface area contributed by atoms with Crippen molar-refractivity contribution in [3.63, 3.8) is 0 Å². The molecule has 5 nitrogen and oxygen atoms in total. The summed E-state index contributed by atoms with van der Waals surface area (Å²) in [5, 5.41) is 3.14. The minimum absolute atomic E-state index is 0.118. The van der Waals surface area contributed by atoms with Crippen molar-refractivity contribution in [1.82, 2.24) is 14.9 Å². The molecule has 90 valence electrons. The molecule has 1 rings (SSSR count). The van der Waals surface area contributed by atoms with Crippen LogP contribution >= 0.6 is 0 Å². The summed E-state index contributed by atoms with van der Waals surface area (Å²) in [4.78, 5) is 20.2. The number of aromatic nitrogens is 2. The molecule has 0 spiro atoms. The van der Waals surface area contributed by atoms with E-state index in [9.17, 15) is 4.79 Å². The Balaban J connectivity index is 2.46. The molecule has 1 heterocycles. The molecule has 0 unspecified atom stereocenters. The highest BCUT2D eigenvalue weighted by atomic mass is 16.1. The Hall–Kier alpha value is -1.36. The number of hydrogen-bond donors (Lipinski definition) is 2. The molecule has 1 aromatic heterocycles. The average molecular weight is 224 g/mol. The molecule has 5 heteroatoms. The first-order valence-corrected chi connectivity index (χ1v) is 5.51. The summed E-state index contributed by atoms with van der Waals surface area (Å²) in [5.74, 6) is 1.27. The van der Waals surface area contributed by atoms with Gasteiger partial charge in [0.15, 0.2) is 0 Å². The monoisotopic (exact) mass is 224 g/mol. The number of rotatable bonds is 5. The third-order valence-corrected chi connectivity index (χ3v) is 2.51. The third kappa shape index (κ3) is 4.02. The van der Waals surface area contributed by atoms with Gasteiger partial charge in [-0.1, -0.05) is 0 Å². The molecule has 0 saturated carbocycles. The van der Waals surface area contributed by atoms with Gasteiger partial charge in [0, 0.05) is 25.2 Å². The van der Waals surface area contributed by atoms with E-state index in [1.54, 1.807) is 6.92 Å². The molecule has 0 aliphatic carbocycles. The first-order chi connectivity index (χ1) is 7.49. The van der Waals surface area contributed by atoms with Gasteiger partial charge in [-0.15, -0.1) is 0 Å². The minimum atomic E-state index is -0.118. The Kier molecular flexibility index (Phi) is 4.49. The maximum atomic E-state index is 11.2. The lowest BCUT2D eigenvalue weighted by Gasteiger charge is -2.20. The van der Waals surface area contributed by atoms with Crippen molar-refractivity contribution >= 4 is 5.82 Å². The van der Waals surface area contributed by atoms with E-state index >= 15 is 0 Å². The van der Waals surface area contributed by atoms with Crippen LogP contribution in [0.4, 0.5) is 5.82 Å². The zero-order valence-electron chi connectivity index (χ0n) is 10.4. The van der Waals surface area contributed by atoms with Crippen LogP contribution in [-0.4, -0.2) is 41.0 Å². The number of nitrogens with zero attached hydrogens (tertiary/aromatic N) is 2. The summed E-state index contributed by atoms with van der Waals surface area (Å²) in [6.07, 6.45) is 0. The van der Waals surface area contributed by atoms with Crippen LogP contribution in [0.15, 0.2) is 10.9 Å². The molecule has 0 radical (unpaired) electrons. The second-order valence-electron chi connectivity index (χ2n) is 4.22. The zero-order chi connectivity index (χ0) is 12.1. The standard InChI is InChI=1S/C11H20N4O/c1-8(2)15(4)6-5-12-10-7-11(16)14-9(3)13-10/h7-8H,5-6H2,1-4H3,(H2,12,13,14,16). The Morgan fingerprint density at radius 1 is 1.56 bits per heavy atom. The Morgan fingerprint density at radius 2 is 2.25 bits per heavy atom. The quantitative estimate of drug-likeness (QED) is 0.777. The van der Waals surface area contributed by atoms with E-state index in [1.807, 2.05) is 0 Å². The number of hydrogen-bond acceptors (Lipinski definition) is 4. The predicted molar refractivity (Wildman–Crippen MR) is 65.9 cm³/mol. The fraction of sp³-hybridized carbons (Fsp3) is 0.636. The highest BCUT2D eigenvalue weighted by molar-refractivity contribution is 5.32. The van der Waals surface area contributed by atoms with Crippen molar-refractivity contribution in [1.29, 1.82) is 0 Å².